The number of hydrogen-bond acceptors (Lipinski definition) is 5. The van der Waals surface area contributed by atoms with E-state index >= 15 is 0 Å². The topological polar surface area (TPSA) is 98.2 Å². The van der Waals surface area contributed by atoms with Crippen molar-refractivity contribution in [3.8, 4) is 11.5 Å². The number of H-pyrrole nitrogens is 1. The number of fused-ring (bicyclic) bond motifs is 1. The number of rotatable bonds is 7. The lowest BCUT2D eigenvalue weighted by atomic mass is 10.0. The fourth-order valence-electron chi connectivity index (χ4n) is 3.30. The third-order valence-corrected chi connectivity index (χ3v) is 4.85. The zero-order valence-corrected chi connectivity index (χ0v) is 17.5. The summed E-state index contributed by atoms with van der Waals surface area (Å²) in [5.74, 6) is -0.335. The Labute approximate surface area is 176 Å². The number of aromatic nitrogens is 3. The summed E-state index contributed by atoms with van der Waals surface area (Å²) in [6.07, 6.45) is 2.83. The van der Waals surface area contributed by atoms with Gasteiger partial charge < -0.3 is 14.8 Å². The number of benzene rings is 1. The Kier molecular flexibility index (Phi) is 6.38. The molecular weight excluding hydrogens is 410 g/mol. The van der Waals surface area contributed by atoms with E-state index in [4.69, 9.17) is 4.74 Å². The van der Waals surface area contributed by atoms with Gasteiger partial charge in [0.2, 0.25) is 5.91 Å². The van der Waals surface area contributed by atoms with E-state index in [1.54, 1.807) is 11.7 Å². The van der Waals surface area contributed by atoms with Gasteiger partial charge in [0.15, 0.2) is 17.1 Å². The van der Waals surface area contributed by atoms with Crippen LogP contribution in [0, 0.1) is 13.8 Å². The Balaban J connectivity index is 1.73. The number of pyridine rings is 1. The Morgan fingerprint density at radius 3 is 2.74 bits per heavy atom. The fourth-order valence-corrected chi connectivity index (χ4v) is 3.30. The molecule has 0 bridgehead atoms. The average molecular weight is 432 g/mol. The van der Waals surface area contributed by atoms with Gasteiger partial charge in [-0.25, -0.2) is 4.98 Å². The first kappa shape index (κ1) is 22.0. The highest BCUT2D eigenvalue weighted by atomic mass is 19.3. The molecule has 0 saturated heterocycles. The van der Waals surface area contributed by atoms with Crippen molar-refractivity contribution in [3.05, 3.63) is 57.0 Å². The number of alkyl halides is 2. The van der Waals surface area contributed by atoms with Gasteiger partial charge in [0, 0.05) is 25.4 Å². The van der Waals surface area contributed by atoms with Crippen molar-refractivity contribution < 1.29 is 23.0 Å². The van der Waals surface area contributed by atoms with Crippen molar-refractivity contribution in [1.29, 1.82) is 0 Å². The molecule has 0 spiro atoms. The maximum absolute atomic E-state index is 12.4. The predicted octanol–water partition coefficient (Wildman–Crippen LogP) is 2.82. The van der Waals surface area contributed by atoms with E-state index in [1.165, 1.54) is 37.5 Å². The molecule has 8 nitrogen and oxygen atoms in total. The SMILES string of the molecule is COc1cc(/C=C\C(=O)NCc2c(C)nc3c(c2C)c(=O)[nH]n3C)ccc1OC(F)F. The van der Waals surface area contributed by atoms with Crippen LogP contribution in [0.15, 0.2) is 29.1 Å². The second-order valence-corrected chi connectivity index (χ2v) is 6.84. The highest BCUT2D eigenvalue weighted by Crippen LogP contribution is 2.29. The molecule has 0 saturated carbocycles. The Morgan fingerprint density at radius 2 is 2.06 bits per heavy atom. The van der Waals surface area contributed by atoms with Gasteiger partial charge in [-0.05, 0) is 48.7 Å². The van der Waals surface area contributed by atoms with Crippen LogP contribution < -0.4 is 20.3 Å². The summed E-state index contributed by atoms with van der Waals surface area (Å²) in [5.41, 5.74) is 3.13. The minimum atomic E-state index is -2.96. The molecule has 164 valence electrons. The van der Waals surface area contributed by atoms with Crippen LogP contribution in [-0.4, -0.2) is 34.4 Å². The maximum atomic E-state index is 12.4. The molecule has 3 aromatic rings. The monoisotopic (exact) mass is 432 g/mol. The largest absolute Gasteiger partial charge is 0.493 e. The molecule has 0 radical (unpaired) electrons. The van der Waals surface area contributed by atoms with Crippen LogP contribution in [-0.2, 0) is 18.4 Å². The number of nitrogens with one attached hydrogen (secondary N) is 2. The minimum absolute atomic E-state index is 0.0937. The molecule has 0 unspecified atom stereocenters. The van der Waals surface area contributed by atoms with Gasteiger partial charge in [-0.3, -0.25) is 19.4 Å². The number of amides is 1. The Morgan fingerprint density at radius 1 is 1.32 bits per heavy atom. The smallest absolute Gasteiger partial charge is 0.387 e. The molecule has 0 atom stereocenters. The van der Waals surface area contributed by atoms with E-state index in [0.29, 0.717) is 22.3 Å². The van der Waals surface area contributed by atoms with Gasteiger partial charge in [0.1, 0.15) is 0 Å². The van der Waals surface area contributed by atoms with Crippen molar-refractivity contribution in [2.75, 3.05) is 7.11 Å². The second-order valence-electron chi connectivity index (χ2n) is 6.84. The standard InChI is InChI=1S/C21H22F2N4O4/c1-11-14(12(2)25-19-18(11)20(29)26-27(19)3)10-24-17(28)8-6-13-5-7-15(31-21(22)23)16(9-13)30-4/h5-9,21H,10H2,1-4H3,(H,24,28)(H,26,29)/b8-6-. The number of aromatic amines is 1. The van der Waals surface area contributed by atoms with Crippen LogP contribution in [0.25, 0.3) is 17.1 Å². The van der Waals surface area contributed by atoms with E-state index < -0.39 is 6.61 Å². The van der Waals surface area contributed by atoms with Crippen molar-refractivity contribution in [3.63, 3.8) is 0 Å². The molecule has 0 aliphatic heterocycles. The first-order valence-electron chi connectivity index (χ1n) is 9.34. The number of carbonyl (C=O) groups excluding carboxylic acids is 1. The van der Waals surface area contributed by atoms with Gasteiger partial charge in [-0.15, -0.1) is 0 Å². The number of ether oxygens (including phenoxy) is 2. The van der Waals surface area contributed by atoms with Crippen LogP contribution >= 0.6 is 0 Å². The third kappa shape index (κ3) is 4.73. The number of carbonyl (C=O) groups is 1. The van der Waals surface area contributed by atoms with Gasteiger partial charge >= 0.3 is 6.61 Å². The van der Waals surface area contributed by atoms with Gasteiger partial charge in [-0.2, -0.15) is 8.78 Å². The number of hydrogen-bond donors (Lipinski definition) is 2. The molecule has 1 aromatic carbocycles. The lowest BCUT2D eigenvalue weighted by Gasteiger charge is -2.11. The first-order valence-corrected chi connectivity index (χ1v) is 9.34. The highest BCUT2D eigenvalue weighted by molar-refractivity contribution is 5.92. The van der Waals surface area contributed by atoms with Gasteiger partial charge in [0.05, 0.1) is 12.5 Å². The normalized spacial score (nSPS) is 11.5. The number of aryl methyl sites for hydroxylation is 3. The minimum Gasteiger partial charge on any atom is -0.493 e. The van der Waals surface area contributed by atoms with Crippen molar-refractivity contribution in [2.45, 2.75) is 27.0 Å². The molecule has 10 heteroatoms. The third-order valence-electron chi connectivity index (χ3n) is 4.85. The first-order chi connectivity index (χ1) is 14.7. The van der Waals surface area contributed by atoms with E-state index in [1.807, 2.05) is 13.8 Å². The van der Waals surface area contributed by atoms with Crippen LogP contribution in [0.2, 0.25) is 0 Å². The molecule has 2 N–H and O–H groups in total. The van der Waals surface area contributed by atoms with Crippen LogP contribution in [0.4, 0.5) is 8.78 Å². The van der Waals surface area contributed by atoms with Crippen LogP contribution in [0.3, 0.4) is 0 Å². The molecule has 2 heterocycles. The molecule has 1 amide bonds. The summed E-state index contributed by atoms with van der Waals surface area (Å²) < 4.78 is 35.8. The molecule has 2 aromatic heterocycles. The number of methoxy groups -OCH3 is 1. The summed E-state index contributed by atoms with van der Waals surface area (Å²) in [5, 5.41) is 5.94. The number of nitrogens with zero attached hydrogens (tertiary/aromatic N) is 2. The molecule has 0 aliphatic rings. The lowest BCUT2D eigenvalue weighted by molar-refractivity contribution is -0.116. The summed E-state index contributed by atoms with van der Waals surface area (Å²) >= 11 is 0. The molecule has 3 rings (SSSR count). The zero-order valence-electron chi connectivity index (χ0n) is 17.5. The average Bonchev–Trinajstić information content (AvgIpc) is 2.99. The summed E-state index contributed by atoms with van der Waals surface area (Å²) in [7, 11) is 3.05. The molecule has 0 aliphatic carbocycles. The molecular formula is C21H22F2N4O4. The number of halogens is 2. The Hall–Kier alpha value is -3.69. The zero-order chi connectivity index (χ0) is 22.7. The van der Waals surface area contributed by atoms with Crippen molar-refractivity contribution in [1.82, 2.24) is 20.1 Å². The van der Waals surface area contributed by atoms with E-state index in [9.17, 15) is 18.4 Å². The van der Waals surface area contributed by atoms with Crippen LogP contribution in [0.5, 0.6) is 11.5 Å². The lowest BCUT2D eigenvalue weighted by Crippen LogP contribution is -2.22. The summed E-state index contributed by atoms with van der Waals surface area (Å²) in [4.78, 5) is 28.9. The Bertz CT molecular complexity index is 1210. The van der Waals surface area contributed by atoms with Gasteiger partial charge in [-0.1, -0.05) is 6.07 Å². The predicted molar refractivity (Wildman–Crippen MR) is 111 cm³/mol. The van der Waals surface area contributed by atoms with Gasteiger partial charge in [0.25, 0.3) is 5.56 Å². The second kappa shape index (κ2) is 8.99. The highest BCUT2D eigenvalue weighted by Gasteiger charge is 2.15. The molecule has 0 fully saturated rings. The van der Waals surface area contributed by atoms with E-state index in [0.717, 1.165) is 11.1 Å². The van der Waals surface area contributed by atoms with Crippen molar-refractivity contribution in [2.24, 2.45) is 7.05 Å². The quantitative estimate of drug-likeness (QED) is 0.560. The van der Waals surface area contributed by atoms with E-state index in [-0.39, 0.29) is 29.5 Å². The maximum Gasteiger partial charge on any atom is 0.387 e. The summed E-state index contributed by atoms with van der Waals surface area (Å²) in [6, 6.07) is 4.35. The van der Waals surface area contributed by atoms with E-state index in [2.05, 4.69) is 20.1 Å². The summed E-state index contributed by atoms with van der Waals surface area (Å²) in [6.45, 7) is 0.867. The molecule has 31 heavy (non-hydrogen) atoms. The fraction of sp³-hybridized carbons (Fsp3) is 0.286. The van der Waals surface area contributed by atoms with Crippen LogP contribution in [0.1, 0.15) is 22.4 Å². The van der Waals surface area contributed by atoms with Crippen molar-refractivity contribution >= 4 is 23.0 Å².